The third-order valence-electron chi connectivity index (χ3n) is 2.42. The molecule has 1 unspecified atom stereocenters. The number of alkyl halides is 3. The van der Waals surface area contributed by atoms with Crippen molar-refractivity contribution in [3.8, 4) is 0 Å². The Hall–Kier alpha value is -1.56. The Morgan fingerprint density at radius 3 is 2.67 bits per heavy atom. The first-order valence-electron chi connectivity index (χ1n) is 5.48. The lowest BCUT2D eigenvalue weighted by molar-refractivity contribution is -0.137. The Labute approximate surface area is 103 Å². The first-order valence-corrected chi connectivity index (χ1v) is 5.48. The summed E-state index contributed by atoms with van der Waals surface area (Å²) in [5, 5.41) is 11.6. The van der Waals surface area contributed by atoms with Crippen LogP contribution in [0.2, 0.25) is 0 Å². The van der Waals surface area contributed by atoms with Gasteiger partial charge in [-0.1, -0.05) is 13.0 Å². The first kappa shape index (κ1) is 14.5. The van der Waals surface area contributed by atoms with Gasteiger partial charge >= 0.3 is 6.18 Å². The minimum Gasteiger partial charge on any atom is -0.391 e. The maximum atomic E-state index is 12.4. The van der Waals surface area contributed by atoms with E-state index < -0.39 is 23.8 Å². The van der Waals surface area contributed by atoms with Gasteiger partial charge < -0.3 is 10.4 Å². The summed E-state index contributed by atoms with van der Waals surface area (Å²) in [6.45, 7) is 1.76. The molecule has 0 radical (unpaired) electrons. The molecule has 0 bridgehead atoms. The quantitative estimate of drug-likeness (QED) is 0.873. The number of benzene rings is 1. The summed E-state index contributed by atoms with van der Waals surface area (Å²) < 4.78 is 37.3. The van der Waals surface area contributed by atoms with E-state index in [4.69, 9.17) is 0 Å². The highest BCUT2D eigenvalue weighted by molar-refractivity contribution is 5.94. The number of carbonyl (C=O) groups excluding carboxylic acids is 1. The fourth-order valence-corrected chi connectivity index (χ4v) is 1.29. The van der Waals surface area contributed by atoms with Crippen molar-refractivity contribution in [3.05, 3.63) is 35.4 Å². The molecule has 0 saturated heterocycles. The molecule has 1 amide bonds. The normalized spacial score (nSPS) is 13.2. The van der Waals surface area contributed by atoms with Crippen LogP contribution in [0.15, 0.2) is 24.3 Å². The molecule has 1 rings (SSSR count). The summed E-state index contributed by atoms with van der Waals surface area (Å²) >= 11 is 0. The monoisotopic (exact) mass is 261 g/mol. The number of rotatable bonds is 4. The number of hydrogen-bond donors (Lipinski definition) is 2. The molecule has 0 saturated carbocycles. The number of amides is 1. The van der Waals surface area contributed by atoms with Crippen LogP contribution in [0.5, 0.6) is 0 Å². The fraction of sp³-hybridized carbons (Fsp3) is 0.417. The molecule has 0 aliphatic rings. The molecule has 3 nitrogen and oxygen atoms in total. The van der Waals surface area contributed by atoms with Gasteiger partial charge in [0.25, 0.3) is 5.91 Å². The summed E-state index contributed by atoms with van der Waals surface area (Å²) in [4.78, 5) is 11.6. The summed E-state index contributed by atoms with van der Waals surface area (Å²) in [7, 11) is 0. The summed E-state index contributed by atoms with van der Waals surface area (Å²) in [5.74, 6) is -0.631. The number of aliphatic hydroxyl groups is 1. The third kappa shape index (κ3) is 4.03. The van der Waals surface area contributed by atoms with E-state index in [-0.39, 0.29) is 12.1 Å². The van der Waals surface area contributed by atoms with Gasteiger partial charge in [0, 0.05) is 12.1 Å². The zero-order valence-corrected chi connectivity index (χ0v) is 9.79. The van der Waals surface area contributed by atoms with Gasteiger partial charge in [-0.2, -0.15) is 13.2 Å². The smallest absolute Gasteiger partial charge is 0.391 e. The van der Waals surface area contributed by atoms with Gasteiger partial charge in [0.1, 0.15) is 0 Å². The standard InChI is InChI=1S/C12H14F3NO2/c1-2-10(17)7-16-11(18)8-4-3-5-9(6-8)12(13,14)15/h3-6,10,17H,2,7H2,1H3,(H,16,18). The molecule has 0 fully saturated rings. The van der Waals surface area contributed by atoms with Gasteiger partial charge in [-0.3, -0.25) is 4.79 Å². The average Bonchev–Trinajstić information content (AvgIpc) is 2.34. The predicted octanol–water partition coefficient (Wildman–Crippen LogP) is 2.21. The van der Waals surface area contributed by atoms with Gasteiger partial charge in [-0.25, -0.2) is 0 Å². The van der Waals surface area contributed by atoms with Crippen molar-refractivity contribution in [2.75, 3.05) is 6.54 Å². The van der Waals surface area contributed by atoms with Crippen LogP contribution in [0.3, 0.4) is 0 Å². The number of halogens is 3. The summed E-state index contributed by atoms with van der Waals surface area (Å²) in [6.07, 6.45) is -4.71. The molecule has 1 aromatic carbocycles. The fourth-order valence-electron chi connectivity index (χ4n) is 1.29. The molecular weight excluding hydrogens is 247 g/mol. The lowest BCUT2D eigenvalue weighted by atomic mass is 10.1. The molecule has 0 spiro atoms. The van der Waals surface area contributed by atoms with Crippen molar-refractivity contribution < 1.29 is 23.1 Å². The van der Waals surface area contributed by atoms with Crippen molar-refractivity contribution in [1.29, 1.82) is 0 Å². The molecule has 100 valence electrons. The van der Waals surface area contributed by atoms with Gasteiger partial charge in [-0.05, 0) is 24.6 Å². The lowest BCUT2D eigenvalue weighted by Gasteiger charge is -2.11. The molecule has 2 N–H and O–H groups in total. The summed E-state index contributed by atoms with van der Waals surface area (Å²) in [6, 6.07) is 4.15. The molecule has 18 heavy (non-hydrogen) atoms. The van der Waals surface area contributed by atoms with Crippen molar-refractivity contribution in [3.63, 3.8) is 0 Å². The number of hydrogen-bond acceptors (Lipinski definition) is 2. The second kappa shape index (κ2) is 5.86. The zero-order chi connectivity index (χ0) is 13.8. The van der Waals surface area contributed by atoms with Crippen LogP contribution in [-0.2, 0) is 6.18 Å². The number of carbonyl (C=O) groups is 1. The Balaban J connectivity index is 2.75. The molecular formula is C12H14F3NO2. The van der Waals surface area contributed by atoms with Crippen LogP contribution in [0.1, 0.15) is 29.3 Å². The predicted molar refractivity (Wildman–Crippen MR) is 60.1 cm³/mol. The van der Waals surface area contributed by atoms with Gasteiger partial charge in [0.15, 0.2) is 0 Å². The largest absolute Gasteiger partial charge is 0.416 e. The van der Waals surface area contributed by atoms with Gasteiger partial charge in [-0.15, -0.1) is 0 Å². The lowest BCUT2D eigenvalue weighted by Crippen LogP contribution is -2.31. The topological polar surface area (TPSA) is 49.3 Å². The van der Waals surface area contributed by atoms with Crippen LogP contribution < -0.4 is 5.32 Å². The van der Waals surface area contributed by atoms with Crippen molar-refractivity contribution in [2.24, 2.45) is 0 Å². The van der Waals surface area contributed by atoms with E-state index in [1.165, 1.54) is 12.1 Å². The Morgan fingerprint density at radius 2 is 2.11 bits per heavy atom. The maximum Gasteiger partial charge on any atom is 0.416 e. The van der Waals surface area contributed by atoms with Crippen LogP contribution >= 0.6 is 0 Å². The zero-order valence-electron chi connectivity index (χ0n) is 9.79. The average molecular weight is 261 g/mol. The molecule has 0 aliphatic carbocycles. The number of aliphatic hydroxyl groups excluding tert-OH is 1. The molecule has 1 aromatic rings. The van der Waals surface area contributed by atoms with Crippen molar-refractivity contribution in [1.82, 2.24) is 5.32 Å². The SMILES string of the molecule is CCC(O)CNC(=O)c1cccc(C(F)(F)F)c1. The van der Waals surface area contributed by atoms with Crippen LogP contribution in [0.25, 0.3) is 0 Å². The molecule has 0 heterocycles. The summed E-state index contributed by atoms with van der Waals surface area (Å²) in [5.41, 5.74) is -0.945. The van der Waals surface area contributed by atoms with E-state index in [9.17, 15) is 23.1 Å². The second-order valence-electron chi connectivity index (χ2n) is 3.85. The van der Waals surface area contributed by atoms with Gasteiger partial charge in [0.05, 0.1) is 11.7 Å². The van der Waals surface area contributed by atoms with Crippen LogP contribution in [0.4, 0.5) is 13.2 Å². The van der Waals surface area contributed by atoms with E-state index in [0.717, 1.165) is 12.1 Å². The molecule has 0 aliphatic heterocycles. The highest BCUT2D eigenvalue weighted by Crippen LogP contribution is 2.29. The van der Waals surface area contributed by atoms with Crippen LogP contribution in [-0.4, -0.2) is 23.7 Å². The molecule has 6 heteroatoms. The molecule has 1 atom stereocenters. The van der Waals surface area contributed by atoms with Crippen LogP contribution in [0, 0.1) is 0 Å². The minimum absolute atomic E-state index is 0.0194. The van der Waals surface area contributed by atoms with Gasteiger partial charge in [0.2, 0.25) is 0 Å². The molecule has 0 aromatic heterocycles. The minimum atomic E-state index is -4.47. The first-order chi connectivity index (χ1) is 8.34. The number of nitrogens with one attached hydrogen (secondary N) is 1. The van der Waals surface area contributed by atoms with E-state index in [1.54, 1.807) is 6.92 Å². The highest BCUT2D eigenvalue weighted by atomic mass is 19.4. The van der Waals surface area contributed by atoms with E-state index in [1.807, 2.05) is 0 Å². The van der Waals surface area contributed by atoms with E-state index in [0.29, 0.717) is 6.42 Å². The van der Waals surface area contributed by atoms with Crippen molar-refractivity contribution in [2.45, 2.75) is 25.6 Å². The highest BCUT2D eigenvalue weighted by Gasteiger charge is 2.30. The third-order valence-corrected chi connectivity index (χ3v) is 2.42. The van der Waals surface area contributed by atoms with E-state index in [2.05, 4.69) is 5.32 Å². The Bertz CT molecular complexity index is 418. The maximum absolute atomic E-state index is 12.4. The Kier molecular flexibility index (Phi) is 4.72. The Morgan fingerprint density at radius 1 is 1.44 bits per heavy atom. The van der Waals surface area contributed by atoms with Crippen molar-refractivity contribution >= 4 is 5.91 Å². The van der Waals surface area contributed by atoms with E-state index >= 15 is 0 Å². The second-order valence-corrected chi connectivity index (χ2v) is 3.85.